The van der Waals surface area contributed by atoms with E-state index < -0.39 is 10.0 Å². The van der Waals surface area contributed by atoms with Crippen molar-refractivity contribution < 1.29 is 13.2 Å². The minimum atomic E-state index is -3.76. The molecule has 0 amide bonds. The van der Waals surface area contributed by atoms with Gasteiger partial charge in [0.1, 0.15) is 4.90 Å². The summed E-state index contributed by atoms with van der Waals surface area (Å²) < 4.78 is 32.8. The van der Waals surface area contributed by atoms with Crippen LogP contribution in [0.2, 0.25) is 10.0 Å². The number of rotatable bonds is 7. The van der Waals surface area contributed by atoms with Gasteiger partial charge < -0.3 is 4.74 Å². The van der Waals surface area contributed by atoms with Crippen LogP contribution in [0.3, 0.4) is 0 Å². The van der Waals surface area contributed by atoms with E-state index in [4.69, 9.17) is 27.9 Å². The summed E-state index contributed by atoms with van der Waals surface area (Å²) in [5.41, 5.74) is 1.79. The second-order valence-corrected chi connectivity index (χ2v) is 7.38. The summed E-state index contributed by atoms with van der Waals surface area (Å²) in [6.07, 6.45) is 0. The molecule has 23 heavy (non-hydrogen) atoms. The third kappa shape index (κ3) is 4.93. The SMILES string of the molecule is CCOCc1ccccc1CNS(=O)(=O)c1cc(Cl)ccc1Cl. The minimum Gasteiger partial charge on any atom is -0.377 e. The van der Waals surface area contributed by atoms with E-state index in [1.165, 1.54) is 12.1 Å². The van der Waals surface area contributed by atoms with Crippen molar-refractivity contribution in [3.63, 3.8) is 0 Å². The lowest BCUT2D eigenvalue weighted by Crippen LogP contribution is -2.24. The lowest BCUT2D eigenvalue weighted by molar-refractivity contribution is 0.133. The molecule has 0 aliphatic heterocycles. The molecule has 0 saturated carbocycles. The van der Waals surface area contributed by atoms with Crippen molar-refractivity contribution in [2.45, 2.75) is 25.0 Å². The van der Waals surface area contributed by atoms with E-state index in [1.54, 1.807) is 6.07 Å². The molecule has 0 aliphatic carbocycles. The Hall–Kier alpha value is -1.11. The molecule has 0 spiro atoms. The first kappa shape index (κ1) is 18.2. The molecule has 0 atom stereocenters. The second-order valence-electron chi connectivity index (χ2n) is 4.81. The van der Waals surface area contributed by atoms with Crippen LogP contribution in [-0.2, 0) is 27.9 Å². The van der Waals surface area contributed by atoms with E-state index in [-0.39, 0.29) is 16.5 Å². The normalized spacial score (nSPS) is 11.6. The van der Waals surface area contributed by atoms with Crippen LogP contribution in [0.25, 0.3) is 0 Å². The predicted molar refractivity (Wildman–Crippen MR) is 92.3 cm³/mol. The number of benzene rings is 2. The van der Waals surface area contributed by atoms with Gasteiger partial charge in [-0.25, -0.2) is 13.1 Å². The first-order valence-electron chi connectivity index (χ1n) is 7.03. The van der Waals surface area contributed by atoms with Crippen LogP contribution in [0, 0.1) is 0 Å². The first-order valence-corrected chi connectivity index (χ1v) is 9.27. The van der Waals surface area contributed by atoms with Crippen molar-refractivity contribution in [2.75, 3.05) is 6.61 Å². The average Bonchev–Trinajstić information content (AvgIpc) is 2.54. The zero-order chi connectivity index (χ0) is 16.9. The Labute approximate surface area is 146 Å². The van der Waals surface area contributed by atoms with Crippen LogP contribution in [-0.4, -0.2) is 15.0 Å². The molecule has 7 heteroatoms. The van der Waals surface area contributed by atoms with Crippen molar-refractivity contribution in [1.82, 2.24) is 4.72 Å². The van der Waals surface area contributed by atoms with Gasteiger partial charge in [-0.3, -0.25) is 0 Å². The molecule has 0 saturated heterocycles. The molecular weight excluding hydrogens is 357 g/mol. The Morgan fingerprint density at radius 1 is 1.09 bits per heavy atom. The van der Waals surface area contributed by atoms with Gasteiger partial charge in [-0.05, 0) is 36.2 Å². The molecule has 2 aromatic carbocycles. The fraction of sp³-hybridized carbons (Fsp3) is 0.250. The average molecular weight is 374 g/mol. The van der Waals surface area contributed by atoms with E-state index in [0.29, 0.717) is 18.2 Å². The summed E-state index contributed by atoms with van der Waals surface area (Å²) in [5.74, 6) is 0. The van der Waals surface area contributed by atoms with E-state index in [2.05, 4.69) is 4.72 Å². The zero-order valence-electron chi connectivity index (χ0n) is 12.6. The highest BCUT2D eigenvalue weighted by Gasteiger charge is 2.18. The summed E-state index contributed by atoms with van der Waals surface area (Å²) in [5, 5.41) is 0.441. The Morgan fingerprint density at radius 2 is 1.78 bits per heavy atom. The van der Waals surface area contributed by atoms with Gasteiger partial charge in [-0.15, -0.1) is 0 Å². The van der Waals surface area contributed by atoms with Crippen molar-refractivity contribution in [3.05, 3.63) is 63.6 Å². The van der Waals surface area contributed by atoms with Crippen molar-refractivity contribution in [2.24, 2.45) is 0 Å². The maximum Gasteiger partial charge on any atom is 0.242 e. The molecule has 0 radical (unpaired) electrons. The van der Waals surface area contributed by atoms with Gasteiger partial charge in [0.25, 0.3) is 0 Å². The molecular formula is C16H17Cl2NO3S. The lowest BCUT2D eigenvalue weighted by atomic mass is 10.1. The Kier molecular flexibility index (Phi) is 6.44. The van der Waals surface area contributed by atoms with Crippen molar-refractivity contribution in [1.29, 1.82) is 0 Å². The summed E-state index contributed by atoms with van der Waals surface area (Å²) in [7, 11) is -3.76. The Bertz CT molecular complexity index is 779. The Morgan fingerprint density at radius 3 is 2.48 bits per heavy atom. The third-order valence-corrected chi connectivity index (χ3v) is 5.33. The van der Waals surface area contributed by atoms with Crippen LogP contribution in [0.1, 0.15) is 18.1 Å². The number of sulfonamides is 1. The number of ether oxygens (including phenoxy) is 1. The smallest absolute Gasteiger partial charge is 0.242 e. The van der Waals surface area contributed by atoms with Gasteiger partial charge in [0.05, 0.1) is 11.6 Å². The molecule has 0 unspecified atom stereocenters. The van der Waals surface area contributed by atoms with E-state index in [1.807, 2.05) is 31.2 Å². The molecule has 0 aromatic heterocycles. The molecule has 124 valence electrons. The largest absolute Gasteiger partial charge is 0.377 e. The molecule has 0 fully saturated rings. The zero-order valence-corrected chi connectivity index (χ0v) is 14.9. The van der Waals surface area contributed by atoms with Gasteiger partial charge in [0.2, 0.25) is 10.0 Å². The van der Waals surface area contributed by atoms with Crippen LogP contribution in [0.5, 0.6) is 0 Å². The summed E-state index contributed by atoms with van der Waals surface area (Å²) >= 11 is 11.8. The first-order chi connectivity index (χ1) is 10.9. The highest BCUT2D eigenvalue weighted by atomic mass is 35.5. The van der Waals surface area contributed by atoms with Crippen LogP contribution < -0.4 is 4.72 Å². The number of nitrogens with one attached hydrogen (secondary N) is 1. The molecule has 1 N–H and O–H groups in total. The highest BCUT2D eigenvalue weighted by Crippen LogP contribution is 2.25. The fourth-order valence-electron chi connectivity index (χ4n) is 2.02. The summed E-state index contributed by atoms with van der Waals surface area (Å²) in [4.78, 5) is -0.0334. The maximum atomic E-state index is 12.4. The fourth-order valence-corrected chi connectivity index (χ4v) is 3.78. The molecule has 0 aliphatic rings. The summed E-state index contributed by atoms with van der Waals surface area (Å²) in [6, 6.07) is 11.8. The van der Waals surface area contributed by atoms with Crippen molar-refractivity contribution in [3.8, 4) is 0 Å². The standard InChI is InChI=1S/C16H17Cl2NO3S/c1-2-22-11-13-6-4-3-5-12(13)10-19-23(20,21)16-9-14(17)7-8-15(16)18/h3-9,19H,2,10-11H2,1H3. The molecule has 2 rings (SSSR count). The van der Waals surface area contributed by atoms with E-state index in [0.717, 1.165) is 11.1 Å². The molecule has 2 aromatic rings. The summed E-state index contributed by atoms with van der Waals surface area (Å²) in [6.45, 7) is 3.09. The molecule has 0 heterocycles. The van der Waals surface area contributed by atoms with Crippen LogP contribution in [0.4, 0.5) is 0 Å². The highest BCUT2D eigenvalue weighted by molar-refractivity contribution is 7.89. The lowest BCUT2D eigenvalue weighted by Gasteiger charge is -2.12. The number of halogens is 2. The Balaban J connectivity index is 2.18. The topological polar surface area (TPSA) is 55.4 Å². The quantitative estimate of drug-likeness (QED) is 0.797. The molecule has 0 bridgehead atoms. The minimum absolute atomic E-state index is 0.0334. The molecule has 4 nitrogen and oxygen atoms in total. The second kappa shape index (κ2) is 8.13. The van der Waals surface area contributed by atoms with Crippen molar-refractivity contribution >= 4 is 33.2 Å². The van der Waals surface area contributed by atoms with Gasteiger partial charge in [0, 0.05) is 18.2 Å². The number of hydrogen-bond donors (Lipinski definition) is 1. The predicted octanol–water partition coefficient (Wildman–Crippen LogP) is 4.01. The van der Waals surface area contributed by atoms with Gasteiger partial charge >= 0.3 is 0 Å². The van der Waals surface area contributed by atoms with Crippen LogP contribution in [0.15, 0.2) is 47.4 Å². The number of hydrogen-bond acceptors (Lipinski definition) is 3. The van der Waals surface area contributed by atoms with Gasteiger partial charge in [-0.1, -0.05) is 47.5 Å². The monoisotopic (exact) mass is 373 g/mol. The van der Waals surface area contributed by atoms with E-state index in [9.17, 15) is 8.42 Å². The maximum absolute atomic E-state index is 12.4. The van der Waals surface area contributed by atoms with Gasteiger partial charge in [0.15, 0.2) is 0 Å². The van der Waals surface area contributed by atoms with Gasteiger partial charge in [-0.2, -0.15) is 0 Å². The van der Waals surface area contributed by atoms with Crippen LogP contribution >= 0.6 is 23.2 Å². The van der Waals surface area contributed by atoms with E-state index >= 15 is 0 Å². The third-order valence-electron chi connectivity index (χ3n) is 3.22.